The van der Waals surface area contributed by atoms with Gasteiger partial charge in [-0.2, -0.15) is 13.2 Å². The number of hydrogen-bond acceptors (Lipinski definition) is 5. The molecule has 2 aliphatic rings. The van der Waals surface area contributed by atoms with Crippen LogP contribution in [0.25, 0.3) is 0 Å². The predicted octanol–water partition coefficient (Wildman–Crippen LogP) is 3.52. The molecule has 1 aromatic carbocycles. The van der Waals surface area contributed by atoms with Crippen molar-refractivity contribution in [1.82, 2.24) is 20.4 Å². The second kappa shape index (κ2) is 9.94. The second-order valence-corrected chi connectivity index (χ2v) is 8.59. The Morgan fingerprint density at radius 3 is 2.38 bits per heavy atom. The summed E-state index contributed by atoms with van der Waals surface area (Å²) in [7, 11) is 0. The first-order valence-corrected chi connectivity index (χ1v) is 11.3. The molecule has 0 spiro atoms. The number of alkyl halides is 3. The van der Waals surface area contributed by atoms with Gasteiger partial charge in [0.2, 0.25) is 0 Å². The third-order valence-electron chi connectivity index (χ3n) is 6.06. The molecular weight excluding hydrogens is 454 g/mol. The maximum absolute atomic E-state index is 13.6. The fourth-order valence-corrected chi connectivity index (χ4v) is 3.95. The van der Waals surface area contributed by atoms with E-state index in [0.29, 0.717) is 43.7 Å². The number of benzene rings is 1. The van der Waals surface area contributed by atoms with Crippen molar-refractivity contribution in [3.8, 4) is 0 Å². The van der Waals surface area contributed by atoms with Crippen LogP contribution in [0.3, 0.4) is 0 Å². The number of carbonyl (C=O) groups is 2. The summed E-state index contributed by atoms with van der Waals surface area (Å²) >= 11 is 0. The monoisotopic (exact) mass is 479 g/mol. The van der Waals surface area contributed by atoms with E-state index in [2.05, 4.69) is 15.5 Å². The van der Waals surface area contributed by atoms with Gasteiger partial charge in [0.15, 0.2) is 11.5 Å². The molecule has 0 unspecified atom stereocenters. The van der Waals surface area contributed by atoms with Crippen LogP contribution in [-0.4, -0.2) is 59.6 Å². The molecule has 1 aliphatic heterocycles. The van der Waals surface area contributed by atoms with E-state index < -0.39 is 29.0 Å². The van der Waals surface area contributed by atoms with Gasteiger partial charge in [-0.1, -0.05) is 12.8 Å². The highest BCUT2D eigenvalue weighted by atomic mass is 19.4. The Hall–Kier alpha value is -3.24. The highest BCUT2D eigenvalue weighted by molar-refractivity contribution is 5.96. The first-order valence-electron chi connectivity index (χ1n) is 11.3. The Balaban J connectivity index is 1.32. The number of amides is 2. The van der Waals surface area contributed by atoms with Crippen LogP contribution >= 0.6 is 0 Å². The molecule has 182 valence electrons. The van der Waals surface area contributed by atoms with Crippen molar-refractivity contribution < 1.29 is 27.2 Å². The zero-order chi connectivity index (χ0) is 24.3. The highest BCUT2D eigenvalue weighted by Gasteiger charge is 2.37. The Kier molecular flexibility index (Phi) is 6.99. The van der Waals surface area contributed by atoms with E-state index in [1.165, 1.54) is 17.7 Å². The SMILES string of the molecule is O=C(NCCCC1CC1)c1ccc(N2CCN(C(=O)c3cc(F)ccc3C(F)(F)F)CC2)nn1. The number of piperazine rings is 1. The van der Waals surface area contributed by atoms with Crippen LogP contribution in [0.5, 0.6) is 0 Å². The predicted molar refractivity (Wildman–Crippen MR) is 116 cm³/mol. The fourth-order valence-electron chi connectivity index (χ4n) is 3.95. The number of carbonyl (C=O) groups excluding carboxylic acids is 2. The van der Waals surface area contributed by atoms with Crippen LogP contribution in [0.4, 0.5) is 23.4 Å². The van der Waals surface area contributed by atoms with Gasteiger partial charge in [0, 0.05) is 32.7 Å². The zero-order valence-corrected chi connectivity index (χ0v) is 18.4. The number of hydrogen-bond donors (Lipinski definition) is 1. The molecule has 1 aliphatic carbocycles. The molecule has 1 saturated heterocycles. The molecule has 1 aromatic heterocycles. The molecule has 2 aromatic rings. The lowest BCUT2D eigenvalue weighted by Gasteiger charge is -2.35. The van der Waals surface area contributed by atoms with Gasteiger partial charge in [-0.05, 0) is 49.1 Å². The number of anilines is 1. The molecule has 0 radical (unpaired) electrons. The zero-order valence-electron chi connectivity index (χ0n) is 18.4. The molecule has 0 bridgehead atoms. The molecule has 0 atom stereocenters. The van der Waals surface area contributed by atoms with E-state index in [9.17, 15) is 27.2 Å². The molecule has 2 fully saturated rings. The van der Waals surface area contributed by atoms with E-state index in [4.69, 9.17) is 0 Å². The van der Waals surface area contributed by atoms with Gasteiger partial charge in [-0.25, -0.2) is 4.39 Å². The van der Waals surface area contributed by atoms with Crippen LogP contribution in [0.15, 0.2) is 30.3 Å². The number of aromatic nitrogens is 2. The van der Waals surface area contributed by atoms with Gasteiger partial charge in [0.1, 0.15) is 5.82 Å². The van der Waals surface area contributed by atoms with Crippen LogP contribution in [0, 0.1) is 11.7 Å². The standard InChI is InChI=1S/C23H25F4N5O2/c24-16-5-6-18(23(25,26)27)17(14-16)22(34)32-12-10-31(11-13-32)20-8-7-19(29-30-20)21(33)28-9-1-2-15-3-4-15/h5-8,14-15H,1-4,9-13H2,(H,28,33). The van der Waals surface area contributed by atoms with E-state index in [1.54, 1.807) is 12.1 Å². The summed E-state index contributed by atoms with van der Waals surface area (Å²) in [5.74, 6) is -0.754. The Morgan fingerprint density at radius 2 is 1.76 bits per heavy atom. The van der Waals surface area contributed by atoms with Gasteiger partial charge >= 0.3 is 6.18 Å². The normalized spacial score (nSPS) is 16.5. The van der Waals surface area contributed by atoms with Crippen LogP contribution in [0.1, 0.15) is 52.1 Å². The first kappa shape index (κ1) is 23.9. The van der Waals surface area contributed by atoms with Crippen molar-refractivity contribution in [1.29, 1.82) is 0 Å². The Bertz CT molecular complexity index is 1030. The summed E-state index contributed by atoms with van der Waals surface area (Å²) < 4.78 is 53.3. The maximum atomic E-state index is 13.6. The highest BCUT2D eigenvalue weighted by Crippen LogP contribution is 2.34. The lowest BCUT2D eigenvalue weighted by Crippen LogP contribution is -2.49. The lowest BCUT2D eigenvalue weighted by atomic mass is 10.0. The second-order valence-electron chi connectivity index (χ2n) is 8.59. The van der Waals surface area contributed by atoms with Crippen molar-refractivity contribution in [3.05, 3.63) is 53.0 Å². The number of nitrogens with one attached hydrogen (secondary N) is 1. The van der Waals surface area contributed by atoms with Crippen molar-refractivity contribution in [3.63, 3.8) is 0 Å². The van der Waals surface area contributed by atoms with Crippen molar-refractivity contribution >= 4 is 17.6 Å². The maximum Gasteiger partial charge on any atom is 0.417 e. The lowest BCUT2D eigenvalue weighted by molar-refractivity contribution is -0.138. The summed E-state index contributed by atoms with van der Waals surface area (Å²) in [5, 5.41) is 10.9. The largest absolute Gasteiger partial charge is 0.417 e. The average Bonchev–Trinajstić information content (AvgIpc) is 3.65. The summed E-state index contributed by atoms with van der Waals surface area (Å²) in [4.78, 5) is 28.0. The van der Waals surface area contributed by atoms with Crippen LogP contribution < -0.4 is 10.2 Å². The molecule has 7 nitrogen and oxygen atoms in total. The average molecular weight is 479 g/mol. The van der Waals surface area contributed by atoms with E-state index in [1.807, 2.05) is 4.90 Å². The third-order valence-corrected chi connectivity index (χ3v) is 6.06. The minimum Gasteiger partial charge on any atom is -0.352 e. The molecule has 2 heterocycles. The third kappa shape index (κ3) is 5.81. The van der Waals surface area contributed by atoms with Crippen molar-refractivity contribution in [2.45, 2.75) is 31.9 Å². The van der Waals surface area contributed by atoms with Crippen molar-refractivity contribution in [2.75, 3.05) is 37.6 Å². The summed E-state index contributed by atoms with van der Waals surface area (Å²) in [6.45, 7) is 1.48. The first-order chi connectivity index (χ1) is 16.2. The number of nitrogens with zero attached hydrogens (tertiary/aromatic N) is 4. The quantitative estimate of drug-likeness (QED) is 0.486. The molecule has 2 amide bonds. The number of rotatable bonds is 7. The van der Waals surface area contributed by atoms with Gasteiger partial charge in [-0.15, -0.1) is 10.2 Å². The minimum atomic E-state index is -4.76. The van der Waals surface area contributed by atoms with E-state index in [0.717, 1.165) is 18.8 Å². The Morgan fingerprint density at radius 1 is 1.03 bits per heavy atom. The molecule has 1 saturated carbocycles. The van der Waals surface area contributed by atoms with Gasteiger partial charge in [0.25, 0.3) is 11.8 Å². The van der Waals surface area contributed by atoms with E-state index >= 15 is 0 Å². The molecule has 4 rings (SSSR count). The smallest absolute Gasteiger partial charge is 0.352 e. The van der Waals surface area contributed by atoms with E-state index in [-0.39, 0.29) is 24.7 Å². The van der Waals surface area contributed by atoms with Crippen LogP contribution in [-0.2, 0) is 6.18 Å². The number of halogens is 4. The van der Waals surface area contributed by atoms with Gasteiger partial charge < -0.3 is 15.1 Å². The fraction of sp³-hybridized carbons (Fsp3) is 0.478. The topological polar surface area (TPSA) is 78.4 Å². The molecule has 11 heteroatoms. The summed E-state index contributed by atoms with van der Waals surface area (Å²) in [6, 6.07) is 5.11. The van der Waals surface area contributed by atoms with Gasteiger partial charge in [0.05, 0.1) is 11.1 Å². The molecule has 34 heavy (non-hydrogen) atoms. The summed E-state index contributed by atoms with van der Waals surface area (Å²) in [5.41, 5.74) is -1.66. The van der Waals surface area contributed by atoms with Gasteiger partial charge in [-0.3, -0.25) is 9.59 Å². The Labute approximate surface area is 194 Å². The summed E-state index contributed by atoms with van der Waals surface area (Å²) in [6.07, 6.45) is -0.145. The minimum absolute atomic E-state index is 0.136. The van der Waals surface area contributed by atoms with Crippen molar-refractivity contribution in [2.24, 2.45) is 5.92 Å². The molecular formula is C23H25F4N5O2. The van der Waals surface area contributed by atoms with Crippen LogP contribution in [0.2, 0.25) is 0 Å². The molecule has 1 N–H and O–H groups in total.